The molecule has 1 atom stereocenters. The van der Waals surface area contributed by atoms with E-state index in [0.29, 0.717) is 16.9 Å². The van der Waals surface area contributed by atoms with Crippen molar-refractivity contribution in [2.24, 2.45) is 5.73 Å². The van der Waals surface area contributed by atoms with Crippen molar-refractivity contribution in [1.82, 2.24) is 15.0 Å². The molecule has 6 heteroatoms. The Balaban J connectivity index is 2.01. The smallest absolute Gasteiger partial charge is 0.241 e. The highest BCUT2D eigenvalue weighted by Crippen LogP contribution is 2.23. The minimum atomic E-state index is -0.517. The average molecular weight is 308 g/mol. The molecule has 6 nitrogen and oxygen atoms in total. The number of amides is 1. The Morgan fingerprint density at radius 2 is 2.09 bits per heavy atom. The molecule has 0 aliphatic rings. The van der Waals surface area contributed by atoms with Crippen LogP contribution in [0.5, 0.6) is 0 Å². The van der Waals surface area contributed by atoms with E-state index in [1.54, 1.807) is 25.4 Å². The minimum Gasteiger partial charge on any atom is -0.389 e. The fourth-order valence-corrected chi connectivity index (χ4v) is 2.28. The molecule has 23 heavy (non-hydrogen) atoms. The summed E-state index contributed by atoms with van der Waals surface area (Å²) in [6, 6.07) is 7.50. The lowest BCUT2D eigenvalue weighted by Crippen LogP contribution is -2.05. The first kappa shape index (κ1) is 14.9. The van der Waals surface area contributed by atoms with Crippen LogP contribution in [0.2, 0.25) is 0 Å². The van der Waals surface area contributed by atoms with Crippen LogP contribution in [-0.2, 0) is 4.79 Å². The Labute approximate surface area is 132 Å². The van der Waals surface area contributed by atoms with E-state index >= 15 is 0 Å². The summed E-state index contributed by atoms with van der Waals surface area (Å²) in [5.74, 6) is -0.517. The lowest BCUT2D eigenvalue weighted by atomic mass is 10.1. The minimum absolute atomic E-state index is 0.507. The predicted molar refractivity (Wildman–Crippen MR) is 88.2 cm³/mol. The molecule has 0 spiro atoms. The molecule has 3 rings (SSSR count). The Morgan fingerprint density at radius 3 is 2.74 bits per heavy atom. The molecule has 2 heterocycles. The van der Waals surface area contributed by atoms with E-state index in [9.17, 15) is 9.90 Å². The Bertz CT molecular complexity index is 879. The van der Waals surface area contributed by atoms with Crippen molar-refractivity contribution >= 4 is 23.1 Å². The number of hydrogen-bond donors (Lipinski definition) is 3. The lowest BCUT2D eigenvalue weighted by molar-refractivity contribution is -0.113. The van der Waals surface area contributed by atoms with Gasteiger partial charge in [-0.2, -0.15) is 0 Å². The van der Waals surface area contributed by atoms with Gasteiger partial charge < -0.3 is 15.8 Å². The van der Waals surface area contributed by atoms with Gasteiger partial charge in [0.1, 0.15) is 5.52 Å². The highest BCUT2D eigenvalue weighted by molar-refractivity contribution is 5.93. The first-order valence-corrected chi connectivity index (χ1v) is 7.14. The van der Waals surface area contributed by atoms with Crippen molar-refractivity contribution in [1.29, 1.82) is 0 Å². The van der Waals surface area contributed by atoms with Crippen LogP contribution in [0.25, 0.3) is 28.5 Å². The van der Waals surface area contributed by atoms with Gasteiger partial charge in [0, 0.05) is 23.4 Å². The third-order valence-electron chi connectivity index (χ3n) is 3.53. The molecule has 0 saturated heterocycles. The van der Waals surface area contributed by atoms with Crippen LogP contribution >= 0.6 is 0 Å². The van der Waals surface area contributed by atoms with Gasteiger partial charge in [-0.1, -0.05) is 24.3 Å². The molecule has 4 N–H and O–H groups in total. The van der Waals surface area contributed by atoms with Crippen molar-refractivity contribution in [2.45, 2.75) is 13.0 Å². The van der Waals surface area contributed by atoms with E-state index in [0.717, 1.165) is 16.7 Å². The summed E-state index contributed by atoms with van der Waals surface area (Å²) in [6.07, 6.45) is 5.79. The van der Waals surface area contributed by atoms with Gasteiger partial charge >= 0.3 is 0 Å². The maximum atomic E-state index is 10.9. The maximum Gasteiger partial charge on any atom is 0.241 e. The number of nitrogens with two attached hydrogens (primary N) is 1. The summed E-state index contributed by atoms with van der Waals surface area (Å²) in [5, 5.41) is 9.56. The molecule has 1 amide bonds. The number of nitrogens with one attached hydrogen (secondary N) is 1. The number of aromatic amines is 1. The second-order valence-electron chi connectivity index (χ2n) is 5.23. The normalized spacial score (nSPS) is 12.8. The number of fused-ring (bicyclic) bond motifs is 1. The number of carbonyl (C=O) groups is 1. The molecule has 0 saturated carbocycles. The summed E-state index contributed by atoms with van der Waals surface area (Å²) in [6.45, 7) is 1.72. The van der Waals surface area contributed by atoms with Gasteiger partial charge in [0.15, 0.2) is 5.65 Å². The van der Waals surface area contributed by atoms with Gasteiger partial charge in [-0.25, -0.2) is 9.97 Å². The zero-order valence-corrected chi connectivity index (χ0v) is 12.5. The van der Waals surface area contributed by atoms with E-state index in [2.05, 4.69) is 15.0 Å². The number of benzene rings is 1. The number of aliphatic hydroxyl groups is 1. The molecule has 2 aromatic heterocycles. The van der Waals surface area contributed by atoms with Gasteiger partial charge in [0.25, 0.3) is 0 Å². The second kappa shape index (κ2) is 6.02. The average Bonchev–Trinajstić information content (AvgIpc) is 2.95. The molecule has 0 radical (unpaired) electrons. The van der Waals surface area contributed by atoms with Gasteiger partial charge in [-0.05, 0) is 18.6 Å². The largest absolute Gasteiger partial charge is 0.389 e. The van der Waals surface area contributed by atoms with Crippen molar-refractivity contribution in [2.75, 3.05) is 0 Å². The van der Waals surface area contributed by atoms with Crippen molar-refractivity contribution < 1.29 is 9.90 Å². The van der Waals surface area contributed by atoms with Crippen LogP contribution in [0.1, 0.15) is 24.2 Å². The number of aliphatic hydroxyl groups excluding tert-OH is 1. The SMILES string of the molecule is CC(O)c1ccc(-c2cnc3[nH]cc(C=CC(N)=O)c3n2)cc1. The maximum absolute atomic E-state index is 10.9. The molecule has 0 aliphatic carbocycles. The van der Waals surface area contributed by atoms with Gasteiger partial charge in [-0.15, -0.1) is 0 Å². The standard InChI is InChI=1S/C17H16N4O2/c1-10(22)11-2-4-12(5-3-11)14-9-20-17-16(21-14)13(8-19-17)6-7-15(18)23/h2-10,22H,1H3,(H2,18,23)(H,19,20). The van der Waals surface area contributed by atoms with Crippen molar-refractivity contribution in [3.8, 4) is 11.3 Å². The van der Waals surface area contributed by atoms with Crippen LogP contribution < -0.4 is 5.73 Å². The number of carbonyl (C=O) groups excluding carboxylic acids is 1. The van der Waals surface area contributed by atoms with Crippen LogP contribution in [0.3, 0.4) is 0 Å². The number of nitrogens with zero attached hydrogens (tertiary/aromatic N) is 2. The third-order valence-corrected chi connectivity index (χ3v) is 3.53. The summed E-state index contributed by atoms with van der Waals surface area (Å²) < 4.78 is 0. The number of hydrogen-bond acceptors (Lipinski definition) is 4. The molecule has 0 fully saturated rings. The molecule has 116 valence electrons. The molecule has 1 unspecified atom stereocenters. The summed E-state index contributed by atoms with van der Waals surface area (Å²) >= 11 is 0. The fourth-order valence-electron chi connectivity index (χ4n) is 2.28. The van der Waals surface area contributed by atoms with E-state index in [4.69, 9.17) is 5.73 Å². The van der Waals surface area contributed by atoms with Gasteiger partial charge in [0.2, 0.25) is 5.91 Å². The zero-order chi connectivity index (χ0) is 16.4. The number of primary amides is 1. The number of H-pyrrole nitrogens is 1. The predicted octanol–water partition coefficient (Wildman–Crippen LogP) is 2.18. The zero-order valence-electron chi connectivity index (χ0n) is 12.5. The van der Waals surface area contributed by atoms with E-state index in [1.165, 1.54) is 6.08 Å². The van der Waals surface area contributed by atoms with Crippen LogP contribution in [-0.4, -0.2) is 26.0 Å². The monoisotopic (exact) mass is 308 g/mol. The first-order valence-electron chi connectivity index (χ1n) is 7.14. The Morgan fingerprint density at radius 1 is 1.35 bits per heavy atom. The summed E-state index contributed by atoms with van der Waals surface area (Å²) in [4.78, 5) is 22.8. The highest BCUT2D eigenvalue weighted by Gasteiger charge is 2.08. The summed E-state index contributed by atoms with van der Waals surface area (Å²) in [5.41, 5.74) is 9.62. The van der Waals surface area contributed by atoms with Gasteiger partial charge in [-0.3, -0.25) is 4.79 Å². The molecular formula is C17H16N4O2. The van der Waals surface area contributed by atoms with Crippen molar-refractivity contribution in [3.05, 3.63) is 53.9 Å². The number of rotatable bonds is 4. The topological polar surface area (TPSA) is 105 Å². The Kier molecular flexibility index (Phi) is 3.91. The quantitative estimate of drug-likeness (QED) is 0.642. The van der Waals surface area contributed by atoms with Crippen molar-refractivity contribution in [3.63, 3.8) is 0 Å². The lowest BCUT2D eigenvalue weighted by Gasteiger charge is -2.06. The first-order chi connectivity index (χ1) is 11.0. The molecule has 0 aliphatic heterocycles. The number of aromatic nitrogens is 3. The van der Waals surface area contributed by atoms with E-state index in [-0.39, 0.29) is 0 Å². The van der Waals surface area contributed by atoms with Crippen LogP contribution in [0.15, 0.2) is 42.7 Å². The van der Waals surface area contributed by atoms with E-state index in [1.807, 2.05) is 24.3 Å². The Hall–Kier alpha value is -2.99. The molecular weight excluding hydrogens is 292 g/mol. The molecule has 0 bridgehead atoms. The van der Waals surface area contributed by atoms with Gasteiger partial charge in [0.05, 0.1) is 18.0 Å². The van der Waals surface area contributed by atoms with Crippen LogP contribution in [0.4, 0.5) is 0 Å². The molecule has 3 aromatic rings. The summed E-state index contributed by atoms with van der Waals surface area (Å²) in [7, 11) is 0. The highest BCUT2D eigenvalue weighted by atomic mass is 16.3. The van der Waals surface area contributed by atoms with E-state index < -0.39 is 12.0 Å². The van der Waals surface area contributed by atoms with Crippen LogP contribution in [0, 0.1) is 0 Å². The third kappa shape index (κ3) is 3.12. The fraction of sp³-hybridized carbons (Fsp3) is 0.118. The molecule has 1 aromatic carbocycles. The second-order valence-corrected chi connectivity index (χ2v) is 5.23.